The topological polar surface area (TPSA) is 77.9 Å². The van der Waals surface area contributed by atoms with Crippen LogP contribution in [0.2, 0.25) is 0 Å². The maximum absolute atomic E-state index is 12.7. The number of aromatic hydroxyl groups is 1. The molecule has 1 aromatic carbocycles. The third-order valence-electron chi connectivity index (χ3n) is 7.12. The lowest BCUT2D eigenvalue weighted by Gasteiger charge is -2.33. The Morgan fingerprint density at radius 2 is 1.63 bits per heavy atom. The molecular formula is C21H24N2O4. The van der Waals surface area contributed by atoms with Crippen LogP contribution in [-0.4, -0.2) is 58.2 Å². The van der Waals surface area contributed by atoms with E-state index >= 15 is 0 Å². The maximum atomic E-state index is 12.7. The molecule has 5 rings (SSSR count). The number of likely N-dealkylation sites (tertiary alicyclic amines) is 2. The van der Waals surface area contributed by atoms with E-state index in [1.807, 2.05) is 4.90 Å². The molecule has 1 N–H and O–H groups in total. The number of nitrogens with zero attached hydrogens (tertiary/aromatic N) is 2. The van der Waals surface area contributed by atoms with Crippen LogP contribution in [0.3, 0.4) is 0 Å². The molecule has 4 fully saturated rings. The van der Waals surface area contributed by atoms with Crippen LogP contribution in [0.15, 0.2) is 24.3 Å². The molecule has 2 amide bonds. The van der Waals surface area contributed by atoms with Crippen molar-refractivity contribution >= 4 is 17.6 Å². The Morgan fingerprint density at radius 1 is 0.926 bits per heavy atom. The van der Waals surface area contributed by atoms with Crippen LogP contribution in [0.5, 0.6) is 5.75 Å². The number of Topliss-reactive ketones (excluding diaryl/α,β-unsaturated/α-hetero) is 1. The molecule has 4 aliphatic rings. The van der Waals surface area contributed by atoms with E-state index in [2.05, 4.69) is 0 Å². The number of ketones is 1. The number of benzene rings is 1. The monoisotopic (exact) mass is 368 g/mol. The Hall–Kier alpha value is -2.37. The molecule has 2 bridgehead atoms. The summed E-state index contributed by atoms with van der Waals surface area (Å²) in [6.07, 6.45) is 3.47. The van der Waals surface area contributed by atoms with Crippen LogP contribution in [0, 0.1) is 23.7 Å². The summed E-state index contributed by atoms with van der Waals surface area (Å²) in [6.45, 7) is 1.66. The fourth-order valence-electron chi connectivity index (χ4n) is 5.53. The van der Waals surface area contributed by atoms with Crippen molar-refractivity contribution in [2.45, 2.75) is 31.7 Å². The second-order valence-corrected chi connectivity index (χ2v) is 8.56. The van der Waals surface area contributed by atoms with Crippen molar-refractivity contribution in [2.24, 2.45) is 23.7 Å². The summed E-state index contributed by atoms with van der Waals surface area (Å²) in [5, 5.41) is 9.35. The first-order valence-electron chi connectivity index (χ1n) is 9.96. The van der Waals surface area contributed by atoms with Gasteiger partial charge in [0, 0.05) is 37.2 Å². The van der Waals surface area contributed by atoms with Crippen molar-refractivity contribution in [1.82, 2.24) is 9.80 Å². The zero-order valence-electron chi connectivity index (χ0n) is 15.2. The second-order valence-electron chi connectivity index (χ2n) is 8.56. The third-order valence-corrected chi connectivity index (χ3v) is 7.12. The predicted octanol–water partition coefficient (Wildman–Crippen LogP) is 1.68. The van der Waals surface area contributed by atoms with Crippen LogP contribution in [0.25, 0.3) is 0 Å². The van der Waals surface area contributed by atoms with Gasteiger partial charge in [-0.15, -0.1) is 0 Å². The van der Waals surface area contributed by atoms with E-state index in [9.17, 15) is 19.5 Å². The van der Waals surface area contributed by atoms with Gasteiger partial charge in [-0.2, -0.15) is 0 Å². The Kier molecular flexibility index (Phi) is 3.78. The molecule has 27 heavy (non-hydrogen) atoms. The highest BCUT2D eigenvalue weighted by Gasteiger charge is 2.62. The van der Waals surface area contributed by atoms with Gasteiger partial charge in [0.1, 0.15) is 5.75 Å². The lowest BCUT2D eigenvalue weighted by atomic mass is 9.89. The Bertz CT molecular complexity index is 797. The van der Waals surface area contributed by atoms with E-state index in [-0.39, 0.29) is 23.4 Å². The van der Waals surface area contributed by atoms with Crippen molar-refractivity contribution < 1.29 is 19.5 Å². The summed E-state index contributed by atoms with van der Waals surface area (Å²) in [7, 11) is 0. The molecule has 2 aliphatic heterocycles. The molecule has 142 valence electrons. The average Bonchev–Trinajstić information content (AvgIpc) is 3.30. The smallest absolute Gasteiger partial charge is 0.312 e. The molecule has 0 unspecified atom stereocenters. The van der Waals surface area contributed by atoms with Crippen molar-refractivity contribution in [2.75, 3.05) is 19.6 Å². The zero-order chi connectivity index (χ0) is 18.7. The van der Waals surface area contributed by atoms with Gasteiger partial charge in [0.25, 0.3) is 0 Å². The first-order valence-corrected chi connectivity index (χ1v) is 9.96. The number of phenolic OH excluding ortho intramolecular Hbond substituents is 1. The fraction of sp³-hybridized carbons (Fsp3) is 0.571. The van der Waals surface area contributed by atoms with E-state index < -0.39 is 5.91 Å². The lowest BCUT2D eigenvalue weighted by molar-refractivity contribution is -0.153. The molecule has 2 saturated carbocycles. The van der Waals surface area contributed by atoms with E-state index in [0.29, 0.717) is 49.4 Å². The summed E-state index contributed by atoms with van der Waals surface area (Å²) in [6, 6.07) is 6.58. The number of amides is 2. The number of rotatable bonds is 2. The Labute approximate surface area is 158 Å². The lowest BCUT2D eigenvalue weighted by Crippen LogP contribution is -2.51. The minimum absolute atomic E-state index is 0.0463. The summed E-state index contributed by atoms with van der Waals surface area (Å²) in [5.74, 6) is 1.40. The number of carbonyl (C=O) groups excluding carboxylic acids is 3. The van der Waals surface area contributed by atoms with Crippen LogP contribution < -0.4 is 0 Å². The van der Waals surface area contributed by atoms with E-state index in [4.69, 9.17) is 0 Å². The molecule has 0 aromatic heterocycles. The largest absolute Gasteiger partial charge is 0.508 e. The van der Waals surface area contributed by atoms with Crippen molar-refractivity contribution in [3.05, 3.63) is 29.8 Å². The van der Waals surface area contributed by atoms with Gasteiger partial charge in [0.15, 0.2) is 5.78 Å². The quantitative estimate of drug-likeness (QED) is 0.636. The molecule has 2 saturated heterocycles. The SMILES string of the molecule is O=C(c1ccc(O)cc1)C1CCN(C(=O)C(=O)N2C[C@@H]3C[C@H]2[C@H]2C[C@@H]32)CC1. The van der Waals surface area contributed by atoms with Crippen LogP contribution in [0.1, 0.15) is 36.0 Å². The zero-order valence-corrected chi connectivity index (χ0v) is 15.2. The van der Waals surface area contributed by atoms with Crippen LogP contribution in [-0.2, 0) is 9.59 Å². The summed E-state index contributed by atoms with van der Waals surface area (Å²) in [4.78, 5) is 41.4. The third kappa shape index (κ3) is 2.73. The molecule has 6 nitrogen and oxygen atoms in total. The standard InChI is InChI=1S/C21H24N2O4/c24-15-3-1-12(2-4-15)19(25)13-5-7-22(8-6-13)20(26)21(27)23-11-14-9-18(23)17-10-16(14)17/h1-4,13-14,16-18,24H,5-11H2/t14-,16-,17-,18-/m0/s1. The predicted molar refractivity (Wildman–Crippen MR) is 96.9 cm³/mol. The Balaban J connectivity index is 1.18. The van der Waals surface area contributed by atoms with Crippen molar-refractivity contribution in [3.8, 4) is 5.75 Å². The first-order chi connectivity index (χ1) is 13.0. The van der Waals surface area contributed by atoms with E-state index in [1.165, 1.54) is 18.6 Å². The normalized spacial score (nSPS) is 31.7. The number of hydrogen-bond acceptors (Lipinski definition) is 4. The number of piperidine rings is 2. The van der Waals surface area contributed by atoms with E-state index in [0.717, 1.165) is 18.9 Å². The molecule has 1 aromatic rings. The van der Waals surface area contributed by atoms with Crippen molar-refractivity contribution in [3.63, 3.8) is 0 Å². The highest BCUT2D eigenvalue weighted by Crippen LogP contribution is 2.61. The van der Waals surface area contributed by atoms with Gasteiger partial charge in [-0.1, -0.05) is 0 Å². The Morgan fingerprint density at radius 3 is 2.26 bits per heavy atom. The van der Waals surface area contributed by atoms with Gasteiger partial charge in [-0.25, -0.2) is 0 Å². The molecule has 2 heterocycles. The van der Waals surface area contributed by atoms with Crippen LogP contribution >= 0.6 is 0 Å². The van der Waals surface area contributed by atoms with Crippen molar-refractivity contribution in [1.29, 1.82) is 0 Å². The highest BCUT2D eigenvalue weighted by atomic mass is 16.3. The van der Waals surface area contributed by atoms with Gasteiger partial charge >= 0.3 is 11.8 Å². The molecule has 6 heteroatoms. The molecule has 2 aliphatic carbocycles. The van der Waals surface area contributed by atoms with Gasteiger partial charge in [-0.3, -0.25) is 14.4 Å². The highest BCUT2D eigenvalue weighted by molar-refractivity contribution is 6.35. The van der Waals surface area contributed by atoms with Gasteiger partial charge in [0.05, 0.1) is 0 Å². The van der Waals surface area contributed by atoms with Gasteiger partial charge in [0.2, 0.25) is 0 Å². The number of hydrogen-bond donors (Lipinski definition) is 1. The number of fused-ring (bicyclic) bond motifs is 5. The summed E-state index contributed by atoms with van der Waals surface area (Å²) < 4.78 is 0. The number of phenols is 1. The minimum Gasteiger partial charge on any atom is -0.508 e. The molecule has 0 radical (unpaired) electrons. The second kappa shape index (κ2) is 6.08. The summed E-state index contributed by atoms with van der Waals surface area (Å²) in [5.41, 5.74) is 0.584. The first kappa shape index (κ1) is 16.8. The van der Waals surface area contributed by atoms with Gasteiger partial charge in [-0.05, 0) is 67.7 Å². The fourth-order valence-corrected chi connectivity index (χ4v) is 5.53. The molecular weight excluding hydrogens is 344 g/mol. The van der Waals surface area contributed by atoms with Gasteiger partial charge < -0.3 is 14.9 Å². The molecule has 4 atom stereocenters. The van der Waals surface area contributed by atoms with E-state index in [1.54, 1.807) is 17.0 Å². The molecule has 0 spiro atoms. The average molecular weight is 368 g/mol. The summed E-state index contributed by atoms with van der Waals surface area (Å²) >= 11 is 0. The maximum Gasteiger partial charge on any atom is 0.312 e. The minimum atomic E-state index is -0.393. The van der Waals surface area contributed by atoms with Crippen LogP contribution in [0.4, 0.5) is 0 Å². The number of carbonyl (C=O) groups is 3.